The van der Waals surface area contributed by atoms with Gasteiger partial charge in [0.1, 0.15) is 29.9 Å². The van der Waals surface area contributed by atoms with Gasteiger partial charge >= 0.3 is 0 Å². The predicted octanol–water partition coefficient (Wildman–Crippen LogP) is 3.09. The van der Waals surface area contributed by atoms with Gasteiger partial charge in [-0.05, 0) is 31.4 Å². The Balaban J connectivity index is 1.40. The van der Waals surface area contributed by atoms with Crippen molar-refractivity contribution in [2.24, 2.45) is 0 Å². The molecule has 0 spiro atoms. The summed E-state index contributed by atoms with van der Waals surface area (Å²) in [5, 5.41) is 3.78. The zero-order chi connectivity index (χ0) is 21.9. The molecule has 1 atom stereocenters. The van der Waals surface area contributed by atoms with Crippen LogP contribution in [0.2, 0.25) is 0 Å². The second kappa shape index (κ2) is 8.78. The van der Waals surface area contributed by atoms with Gasteiger partial charge in [0.15, 0.2) is 11.5 Å². The van der Waals surface area contributed by atoms with E-state index in [2.05, 4.69) is 35.1 Å². The third-order valence-corrected chi connectivity index (χ3v) is 5.72. The van der Waals surface area contributed by atoms with Crippen LogP contribution in [0.15, 0.2) is 43.0 Å². The lowest BCUT2D eigenvalue weighted by atomic mass is 10.1. The van der Waals surface area contributed by atoms with E-state index in [-0.39, 0.29) is 11.9 Å². The standard InChI is InChI=1S/C23H25N7O2/c1-2-9-24-23(31)18-11-19(16-7-3-4-8-17(16)29-18)32-12-15-6-5-10-30(15)22-20-21(26-13-25-20)27-14-28-22/h3-4,7-8,11,13-15H,2,5-6,9-10,12H2,1H3,(H,24,31)(H,25,26,27,28). The Labute approximate surface area is 185 Å². The number of benzene rings is 1. The molecule has 1 aromatic carbocycles. The monoisotopic (exact) mass is 431 g/mol. The Hall–Kier alpha value is -3.75. The molecule has 0 bridgehead atoms. The molecule has 0 aliphatic carbocycles. The molecule has 164 valence electrons. The van der Waals surface area contributed by atoms with Crippen LogP contribution in [-0.2, 0) is 0 Å². The van der Waals surface area contributed by atoms with E-state index in [1.807, 2.05) is 31.2 Å². The summed E-state index contributed by atoms with van der Waals surface area (Å²) >= 11 is 0. The fourth-order valence-corrected chi connectivity index (χ4v) is 4.14. The van der Waals surface area contributed by atoms with Gasteiger partial charge in [-0.3, -0.25) is 4.79 Å². The van der Waals surface area contributed by atoms with Gasteiger partial charge in [0.05, 0.1) is 17.9 Å². The number of anilines is 1. The highest BCUT2D eigenvalue weighted by Crippen LogP contribution is 2.30. The highest BCUT2D eigenvalue weighted by atomic mass is 16.5. The fraction of sp³-hybridized carbons (Fsp3) is 0.348. The van der Waals surface area contributed by atoms with E-state index in [9.17, 15) is 4.79 Å². The first-order valence-electron chi connectivity index (χ1n) is 11.0. The molecule has 9 nitrogen and oxygen atoms in total. The second-order valence-corrected chi connectivity index (χ2v) is 7.88. The summed E-state index contributed by atoms with van der Waals surface area (Å²) in [5.74, 6) is 1.30. The summed E-state index contributed by atoms with van der Waals surface area (Å²) in [6, 6.07) is 9.61. The molecule has 4 aromatic rings. The average molecular weight is 432 g/mol. The lowest BCUT2D eigenvalue weighted by molar-refractivity contribution is 0.0948. The number of aromatic amines is 1. The maximum absolute atomic E-state index is 12.5. The largest absolute Gasteiger partial charge is 0.491 e. The van der Waals surface area contributed by atoms with E-state index >= 15 is 0 Å². The number of pyridine rings is 1. The summed E-state index contributed by atoms with van der Waals surface area (Å²) in [6.45, 7) is 3.99. The number of fused-ring (bicyclic) bond motifs is 2. The Kier molecular flexibility index (Phi) is 5.53. The van der Waals surface area contributed by atoms with Crippen molar-refractivity contribution in [2.75, 3.05) is 24.6 Å². The number of nitrogens with zero attached hydrogens (tertiary/aromatic N) is 5. The van der Waals surface area contributed by atoms with Crippen molar-refractivity contribution in [3.63, 3.8) is 0 Å². The van der Waals surface area contributed by atoms with Crippen molar-refractivity contribution in [3.8, 4) is 5.75 Å². The quantitative estimate of drug-likeness (QED) is 0.463. The number of hydrogen-bond acceptors (Lipinski definition) is 7. The first-order valence-corrected chi connectivity index (χ1v) is 11.0. The molecule has 1 aliphatic heterocycles. The van der Waals surface area contributed by atoms with Gasteiger partial charge in [0.2, 0.25) is 0 Å². The van der Waals surface area contributed by atoms with Gasteiger partial charge in [-0.15, -0.1) is 0 Å². The van der Waals surface area contributed by atoms with Crippen molar-refractivity contribution in [1.82, 2.24) is 30.2 Å². The molecule has 4 heterocycles. The molecule has 5 rings (SSSR count). The van der Waals surface area contributed by atoms with E-state index in [1.165, 1.54) is 0 Å². The fourth-order valence-electron chi connectivity index (χ4n) is 4.14. The van der Waals surface area contributed by atoms with Crippen LogP contribution in [0.4, 0.5) is 5.82 Å². The van der Waals surface area contributed by atoms with E-state index < -0.39 is 0 Å². The molecule has 1 saturated heterocycles. The third-order valence-electron chi connectivity index (χ3n) is 5.72. The van der Waals surface area contributed by atoms with E-state index in [0.29, 0.717) is 24.6 Å². The van der Waals surface area contributed by atoms with Crippen molar-refractivity contribution in [2.45, 2.75) is 32.2 Å². The van der Waals surface area contributed by atoms with Crippen LogP contribution in [0.3, 0.4) is 0 Å². The zero-order valence-corrected chi connectivity index (χ0v) is 17.9. The summed E-state index contributed by atoms with van der Waals surface area (Å²) < 4.78 is 6.31. The Morgan fingerprint density at radius 3 is 3.09 bits per heavy atom. The summed E-state index contributed by atoms with van der Waals surface area (Å²) in [6.07, 6.45) is 6.10. The number of aromatic nitrogens is 5. The lowest BCUT2D eigenvalue weighted by Gasteiger charge is -2.26. The molecule has 3 aromatic heterocycles. The molecule has 1 aliphatic rings. The number of carbonyl (C=O) groups excluding carboxylic acids is 1. The van der Waals surface area contributed by atoms with Gasteiger partial charge in [-0.2, -0.15) is 0 Å². The molecule has 32 heavy (non-hydrogen) atoms. The molecule has 0 saturated carbocycles. The van der Waals surface area contributed by atoms with Crippen LogP contribution in [-0.4, -0.2) is 56.6 Å². The molecule has 0 radical (unpaired) electrons. The summed E-state index contributed by atoms with van der Waals surface area (Å²) in [5.41, 5.74) is 2.60. The van der Waals surface area contributed by atoms with Gasteiger partial charge in [0, 0.05) is 24.5 Å². The first-order chi connectivity index (χ1) is 15.7. The lowest BCUT2D eigenvalue weighted by Crippen LogP contribution is -2.35. The Morgan fingerprint density at radius 2 is 2.19 bits per heavy atom. The first kappa shape index (κ1) is 20.2. The Morgan fingerprint density at radius 1 is 1.28 bits per heavy atom. The highest BCUT2D eigenvalue weighted by molar-refractivity contribution is 5.97. The number of ether oxygens (including phenoxy) is 1. The molecular formula is C23H25N7O2. The van der Waals surface area contributed by atoms with Crippen LogP contribution >= 0.6 is 0 Å². The average Bonchev–Trinajstić information content (AvgIpc) is 3.50. The smallest absolute Gasteiger partial charge is 0.270 e. The van der Waals surface area contributed by atoms with Crippen LogP contribution in [0.5, 0.6) is 5.75 Å². The van der Waals surface area contributed by atoms with Crippen molar-refractivity contribution in [3.05, 3.63) is 48.7 Å². The van der Waals surface area contributed by atoms with Gasteiger partial charge in [-0.1, -0.05) is 19.1 Å². The van der Waals surface area contributed by atoms with Gasteiger partial charge in [-0.25, -0.2) is 19.9 Å². The topological polar surface area (TPSA) is 109 Å². The molecule has 2 N–H and O–H groups in total. The van der Waals surface area contributed by atoms with Crippen LogP contribution in [0, 0.1) is 0 Å². The zero-order valence-electron chi connectivity index (χ0n) is 17.9. The highest BCUT2D eigenvalue weighted by Gasteiger charge is 2.29. The number of imidazole rings is 1. The number of amides is 1. The molecule has 9 heteroatoms. The van der Waals surface area contributed by atoms with Gasteiger partial charge in [0.25, 0.3) is 5.91 Å². The van der Waals surface area contributed by atoms with Crippen molar-refractivity contribution < 1.29 is 9.53 Å². The van der Waals surface area contributed by atoms with Crippen molar-refractivity contribution >= 4 is 33.8 Å². The minimum Gasteiger partial charge on any atom is -0.491 e. The number of para-hydroxylation sites is 1. The maximum Gasteiger partial charge on any atom is 0.270 e. The minimum atomic E-state index is -0.188. The van der Waals surface area contributed by atoms with Crippen LogP contribution in [0.1, 0.15) is 36.7 Å². The Bertz CT molecular complexity index is 1260. The van der Waals surface area contributed by atoms with E-state index in [1.54, 1.807) is 18.7 Å². The molecule has 1 unspecified atom stereocenters. The van der Waals surface area contributed by atoms with Crippen molar-refractivity contribution in [1.29, 1.82) is 0 Å². The number of H-pyrrole nitrogens is 1. The van der Waals surface area contributed by atoms with Crippen LogP contribution in [0.25, 0.3) is 22.1 Å². The number of carbonyl (C=O) groups is 1. The van der Waals surface area contributed by atoms with E-state index in [0.717, 1.165) is 53.7 Å². The number of nitrogens with one attached hydrogen (secondary N) is 2. The molecule has 1 fully saturated rings. The predicted molar refractivity (Wildman–Crippen MR) is 122 cm³/mol. The van der Waals surface area contributed by atoms with Gasteiger partial charge < -0.3 is 19.9 Å². The normalized spacial score (nSPS) is 16.0. The number of rotatable bonds is 7. The van der Waals surface area contributed by atoms with E-state index in [4.69, 9.17) is 4.74 Å². The number of hydrogen-bond donors (Lipinski definition) is 2. The summed E-state index contributed by atoms with van der Waals surface area (Å²) in [4.78, 5) is 35.5. The van der Waals surface area contributed by atoms with Crippen LogP contribution < -0.4 is 15.0 Å². The molecular weight excluding hydrogens is 406 g/mol. The third kappa shape index (κ3) is 3.81. The minimum absolute atomic E-state index is 0.147. The second-order valence-electron chi connectivity index (χ2n) is 7.88. The summed E-state index contributed by atoms with van der Waals surface area (Å²) in [7, 11) is 0. The maximum atomic E-state index is 12.5. The SMILES string of the molecule is CCCNC(=O)c1cc(OCC2CCCN2c2ncnc3[nH]cnc23)c2ccccc2n1. The molecule has 1 amide bonds.